The fourth-order valence-corrected chi connectivity index (χ4v) is 5.57. The highest BCUT2D eigenvalue weighted by Gasteiger charge is 2.38. The van der Waals surface area contributed by atoms with Crippen LogP contribution in [-0.4, -0.2) is 53.7 Å². The van der Waals surface area contributed by atoms with Gasteiger partial charge in [-0.05, 0) is 53.9 Å². The molecule has 1 saturated heterocycles. The summed E-state index contributed by atoms with van der Waals surface area (Å²) in [5.41, 5.74) is 4.63. The van der Waals surface area contributed by atoms with E-state index in [1.807, 2.05) is 24.3 Å². The molecule has 1 saturated carbocycles. The van der Waals surface area contributed by atoms with Gasteiger partial charge in [0.15, 0.2) is 0 Å². The normalized spacial score (nSPS) is 20.0. The number of likely N-dealkylation sites (tertiary alicyclic amines) is 1. The number of ether oxygens (including phenoxy) is 1. The second-order valence-electron chi connectivity index (χ2n) is 9.96. The molecule has 0 radical (unpaired) electrons. The molecule has 0 aromatic heterocycles. The van der Waals surface area contributed by atoms with E-state index in [0.717, 1.165) is 36.8 Å². The number of benzene rings is 2. The van der Waals surface area contributed by atoms with Crippen molar-refractivity contribution >= 4 is 18.0 Å². The Morgan fingerprint density at radius 2 is 1.63 bits per heavy atom. The number of hydrogen-bond acceptors (Lipinski definition) is 4. The zero-order valence-corrected chi connectivity index (χ0v) is 19.8. The summed E-state index contributed by atoms with van der Waals surface area (Å²) >= 11 is 0. The van der Waals surface area contributed by atoms with E-state index in [0.29, 0.717) is 25.3 Å². The molecule has 2 aromatic carbocycles. The second kappa shape index (κ2) is 10.1. The van der Waals surface area contributed by atoms with Gasteiger partial charge in [0, 0.05) is 19.0 Å². The Hall–Kier alpha value is -3.35. The molecule has 2 aromatic rings. The van der Waals surface area contributed by atoms with E-state index in [1.165, 1.54) is 16.0 Å². The maximum absolute atomic E-state index is 13.3. The Morgan fingerprint density at radius 1 is 0.971 bits per heavy atom. The minimum Gasteiger partial charge on any atom is -0.480 e. The van der Waals surface area contributed by atoms with E-state index < -0.39 is 24.0 Å². The molecule has 0 spiro atoms. The van der Waals surface area contributed by atoms with Gasteiger partial charge < -0.3 is 20.1 Å². The van der Waals surface area contributed by atoms with Crippen LogP contribution in [0.4, 0.5) is 4.79 Å². The van der Waals surface area contributed by atoms with Crippen LogP contribution in [0.25, 0.3) is 11.1 Å². The third kappa shape index (κ3) is 5.04. The van der Waals surface area contributed by atoms with Crippen LogP contribution in [0, 0.1) is 11.8 Å². The van der Waals surface area contributed by atoms with Crippen molar-refractivity contribution in [3.63, 3.8) is 0 Å². The number of piperidine rings is 1. The number of fused-ring (bicyclic) bond motifs is 3. The average Bonchev–Trinajstić information content (AvgIpc) is 3.65. The molecule has 1 aliphatic heterocycles. The van der Waals surface area contributed by atoms with Gasteiger partial charge in [-0.2, -0.15) is 0 Å². The van der Waals surface area contributed by atoms with Crippen molar-refractivity contribution in [2.75, 3.05) is 19.7 Å². The molecule has 5 rings (SSSR count). The van der Waals surface area contributed by atoms with Gasteiger partial charge >= 0.3 is 12.1 Å². The van der Waals surface area contributed by atoms with E-state index in [9.17, 15) is 19.5 Å². The molecule has 2 N–H and O–H groups in total. The highest BCUT2D eigenvalue weighted by atomic mass is 16.5. The smallest absolute Gasteiger partial charge is 0.407 e. The summed E-state index contributed by atoms with van der Waals surface area (Å²) < 4.78 is 5.63. The lowest BCUT2D eigenvalue weighted by Gasteiger charge is -2.35. The van der Waals surface area contributed by atoms with Crippen molar-refractivity contribution in [3.8, 4) is 11.1 Å². The average molecular weight is 477 g/mol. The molecule has 1 unspecified atom stereocenters. The Balaban J connectivity index is 1.21. The van der Waals surface area contributed by atoms with E-state index >= 15 is 0 Å². The number of hydrogen-bond donors (Lipinski definition) is 2. The zero-order valence-electron chi connectivity index (χ0n) is 19.8. The minimum atomic E-state index is -0.951. The van der Waals surface area contributed by atoms with Crippen molar-refractivity contribution in [1.29, 1.82) is 0 Å². The number of carbonyl (C=O) groups is 3. The Kier molecular flexibility index (Phi) is 6.75. The van der Waals surface area contributed by atoms with Crippen LogP contribution in [0.2, 0.25) is 0 Å². The van der Waals surface area contributed by atoms with E-state index in [1.54, 1.807) is 0 Å². The van der Waals surface area contributed by atoms with Gasteiger partial charge in [-0.15, -0.1) is 0 Å². The summed E-state index contributed by atoms with van der Waals surface area (Å²) in [6.07, 6.45) is 4.39. The minimum absolute atomic E-state index is 0.0262. The molecule has 184 valence electrons. The quantitative estimate of drug-likeness (QED) is 0.589. The van der Waals surface area contributed by atoms with Crippen LogP contribution in [0.15, 0.2) is 48.5 Å². The molecular weight excluding hydrogens is 444 g/mol. The Labute approximate surface area is 205 Å². The largest absolute Gasteiger partial charge is 0.480 e. The third-order valence-electron chi connectivity index (χ3n) is 7.57. The number of carboxylic acid groups (broad SMARTS) is 1. The molecule has 0 bridgehead atoms. The van der Waals surface area contributed by atoms with Crippen molar-refractivity contribution in [2.24, 2.45) is 11.8 Å². The molecule has 3 aliphatic rings. The standard InChI is InChI=1S/C28H32N2O5/c31-26(30-14-6-5-11-25(30)27(32)33)19(15-18-12-13-18)16-29-28(34)35-17-24-22-9-3-1-7-20(22)21-8-2-4-10-23(21)24/h1-4,7-10,18-19,24-25H,5-6,11-17H2,(H,29,34)(H,32,33)/t19?,25-/m0/s1. The van der Waals surface area contributed by atoms with Crippen LogP contribution < -0.4 is 5.32 Å². The monoisotopic (exact) mass is 476 g/mol. The first-order chi connectivity index (χ1) is 17.0. The first-order valence-electron chi connectivity index (χ1n) is 12.6. The topological polar surface area (TPSA) is 95.9 Å². The van der Waals surface area contributed by atoms with E-state index in [2.05, 4.69) is 29.6 Å². The highest BCUT2D eigenvalue weighted by molar-refractivity contribution is 5.86. The van der Waals surface area contributed by atoms with Gasteiger partial charge in [-0.1, -0.05) is 61.4 Å². The summed E-state index contributed by atoms with van der Waals surface area (Å²) in [4.78, 5) is 39.2. The van der Waals surface area contributed by atoms with Crippen molar-refractivity contribution in [3.05, 3.63) is 59.7 Å². The first-order valence-corrected chi connectivity index (χ1v) is 12.6. The lowest BCUT2D eigenvalue weighted by atomic mass is 9.95. The third-order valence-corrected chi connectivity index (χ3v) is 7.57. The number of carbonyl (C=O) groups excluding carboxylic acids is 2. The van der Waals surface area contributed by atoms with Crippen LogP contribution in [0.5, 0.6) is 0 Å². The van der Waals surface area contributed by atoms with Crippen LogP contribution in [0.1, 0.15) is 55.6 Å². The fourth-order valence-electron chi connectivity index (χ4n) is 5.57. The van der Waals surface area contributed by atoms with Crippen molar-refractivity contribution in [1.82, 2.24) is 10.2 Å². The molecule has 1 heterocycles. The summed E-state index contributed by atoms with van der Waals surface area (Å²) in [5.74, 6) is -1.10. The highest BCUT2D eigenvalue weighted by Crippen LogP contribution is 2.44. The van der Waals surface area contributed by atoms with Crippen LogP contribution in [0.3, 0.4) is 0 Å². The predicted molar refractivity (Wildman–Crippen MR) is 131 cm³/mol. The van der Waals surface area contributed by atoms with Gasteiger partial charge in [0.1, 0.15) is 12.6 Å². The number of nitrogens with zero attached hydrogens (tertiary/aromatic N) is 1. The van der Waals surface area contributed by atoms with Gasteiger partial charge in [0.25, 0.3) is 0 Å². The summed E-state index contributed by atoms with van der Waals surface area (Å²) in [7, 11) is 0. The lowest BCUT2D eigenvalue weighted by Crippen LogP contribution is -2.51. The van der Waals surface area contributed by atoms with Gasteiger partial charge in [0.05, 0.1) is 5.92 Å². The predicted octanol–water partition coefficient (Wildman–Crippen LogP) is 4.41. The van der Waals surface area contributed by atoms with Crippen LogP contribution in [-0.2, 0) is 14.3 Å². The maximum atomic E-state index is 13.3. The maximum Gasteiger partial charge on any atom is 0.407 e. The first kappa shape index (κ1) is 23.4. The Morgan fingerprint density at radius 3 is 2.26 bits per heavy atom. The molecular formula is C28H32N2O5. The van der Waals surface area contributed by atoms with Gasteiger partial charge in [0.2, 0.25) is 5.91 Å². The molecule has 7 nitrogen and oxygen atoms in total. The molecule has 2 aliphatic carbocycles. The molecule has 2 amide bonds. The number of carboxylic acids is 1. The van der Waals surface area contributed by atoms with E-state index in [4.69, 9.17) is 4.74 Å². The van der Waals surface area contributed by atoms with Crippen molar-refractivity contribution in [2.45, 2.75) is 50.5 Å². The zero-order chi connectivity index (χ0) is 24.4. The van der Waals surface area contributed by atoms with Crippen LogP contribution >= 0.6 is 0 Å². The Bertz CT molecular complexity index is 1070. The summed E-state index contributed by atoms with van der Waals surface area (Å²) in [6, 6.07) is 15.6. The SMILES string of the molecule is O=C(NCC(CC1CC1)C(=O)N1CCCC[C@H]1C(=O)O)OCC1c2ccccc2-c2ccccc21. The number of aliphatic carboxylic acids is 1. The molecule has 35 heavy (non-hydrogen) atoms. The van der Waals surface area contributed by atoms with Gasteiger partial charge in [-0.25, -0.2) is 9.59 Å². The summed E-state index contributed by atoms with van der Waals surface area (Å²) in [5, 5.41) is 12.4. The molecule has 7 heteroatoms. The fraction of sp³-hybridized carbons (Fsp3) is 0.464. The summed E-state index contributed by atoms with van der Waals surface area (Å²) in [6.45, 7) is 0.838. The molecule has 2 fully saturated rings. The van der Waals surface area contributed by atoms with Crippen molar-refractivity contribution < 1.29 is 24.2 Å². The second-order valence-corrected chi connectivity index (χ2v) is 9.96. The number of nitrogens with one attached hydrogen (secondary N) is 1. The number of rotatable bonds is 8. The number of amides is 2. The van der Waals surface area contributed by atoms with Gasteiger partial charge in [-0.3, -0.25) is 4.79 Å². The lowest BCUT2D eigenvalue weighted by molar-refractivity contribution is -0.154. The number of alkyl carbamates (subject to hydrolysis) is 1. The van der Waals surface area contributed by atoms with E-state index in [-0.39, 0.29) is 25.0 Å². The molecule has 2 atom stereocenters.